The molecule has 1 aromatic heterocycles. The van der Waals surface area contributed by atoms with E-state index in [0.717, 1.165) is 5.56 Å². The molecule has 0 aliphatic heterocycles. The number of ether oxygens (including phenoxy) is 2. The molecule has 1 heterocycles. The number of nitrogens with two attached hydrogens (primary N) is 1. The predicted molar refractivity (Wildman–Crippen MR) is 68.6 cm³/mol. The molecule has 2 N–H and O–H groups in total. The monoisotopic (exact) mass is 257 g/mol. The summed E-state index contributed by atoms with van der Waals surface area (Å²) < 4.78 is 10.7. The van der Waals surface area contributed by atoms with Gasteiger partial charge in [-0.1, -0.05) is 11.9 Å². The van der Waals surface area contributed by atoms with E-state index in [0.29, 0.717) is 19.0 Å². The molecule has 1 rings (SSSR count). The molecular formula is C11H19N3O2S. The summed E-state index contributed by atoms with van der Waals surface area (Å²) in [6.45, 7) is 4.99. The summed E-state index contributed by atoms with van der Waals surface area (Å²) in [5.41, 5.74) is 1.03. The lowest BCUT2D eigenvalue weighted by Gasteiger charge is -2.21. The highest BCUT2D eigenvalue weighted by Crippen LogP contribution is 2.24. The molecule has 0 radical (unpaired) electrons. The quantitative estimate of drug-likeness (QED) is 0.589. The molecule has 1 aromatic rings. The third-order valence-electron chi connectivity index (χ3n) is 2.28. The zero-order valence-electron chi connectivity index (χ0n) is 10.4. The van der Waals surface area contributed by atoms with Crippen LogP contribution in [-0.4, -0.2) is 35.5 Å². The van der Waals surface area contributed by atoms with Crippen LogP contribution in [0, 0.1) is 6.92 Å². The van der Waals surface area contributed by atoms with Crippen molar-refractivity contribution in [1.29, 1.82) is 0 Å². The first-order chi connectivity index (χ1) is 8.19. The highest BCUT2D eigenvalue weighted by Gasteiger charge is 2.22. The zero-order chi connectivity index (χ0) is 12.7. The second kappa shape index (κ2) is 7.60. The largest absolute Gasteiger partial charge is 0.382 e. The summed E-state index contributed by atoms with van der Waals surface area (Å²) in [5, 5.41) is 5.69. The Kier molecular flexibility index (Phi) is 6.43. The third kappa shape index (κ3) is 4.59. The van der Waals surface area contributed by atoms with Crippen LogP contribution in [0.2, 0.25) is 0 Å². The van der Waals surface area contributed by atoms with Gasteiger partial charge in [0.15, 0.2) is 5.82 Å². The lowest BCUT2D eigenvalue weighted by molar-refractivity contribution is 0.0130. The maximum absolute atomic E-state index is 5.71. The number of nitrogens with zero attached hydrogens (tertiary/aromatic N) is 2. The highest BCUT2D eigenvalue weighted by atomic mass is 32.2. The van der Waals surface area contributed by atoms with Crippen LogP contribution in [0.5, 0.6) is 0 Å². The second-order valence-electron chi connectivity index (χ2n) is 3.74. The van der Waals surface area contributed by atoms with Crippen molar-refractivity contribution in [2.75, 3.05) is 20.3 Å². The first-order valence-electron chi connectivity index (χ1n) is 5.43. The fourth-order valence-electron chi connectivity index (χ4n) is 1.30. The predicted octanol–water partition coefficient (Wildman–Crippen LogP) is 1.48. The molecule has 2 atom stereocenters. The summed E-state index contributed by atoms with van der Waals surface area (Å²) in [6.07, 6.45) is 3.35. The molecule has 6 heteroatoms. The highest BCUT2D eigenvalue weighted by molar-refractivity contribution is 7.97. The Balaban J connectivity index is 2.71. The van der Waals surface area contributed by atoms with Gasteiger partial charge >= 0.3 is 0 Å². The van der Waals surface area contributed by atoms with Crippen LogP contribution in [-0.2, 0) is 9.47 Å². The maximum Gasteiger partial charge on any atom is 0.158 e. The fourth-order valence-corrected chi connectivity index (χ4v) is 1.64. The van der Waals surface area contributed by atoms with Crippen LogP contribution in [0.15, 0.2) is 12.4 Å². The summed E-state index contributed by atoms with van der Waals surface area (Å²) >= 11 is 1.24. The van der Waals surface area contributed by atoms with Crippen molar-refractivity contribution in [2.24, 2.45) is 5.14 Å². The van der Waals surface area contributed by atoms with Gasteiger partial charge in [0.1, 0.15) is 6.10 Å². The molecule has 0 aliphatic rings. The van der Waals surface area contributed by atoms with E-state index < -0.39 is 0 Å². The number of aromatic nitrogens is 2. The molecule has 17 heavy (non-hydrogen) atoms. The second-order valence-corrected chi connectivity index (χ2v) is 4.76. The summed E-state index contributed by atoms with van der Waals surface area (Å²) in [4.78, 5) is 8.56. The molecule has 0 saturated carbocycles. The number of hydrogen-bond acceptors (Lipinski definition) is 6. The number of rotatable bonds is 7. The molecule has 0 saturated heterocycles. The molecule has 0 aliphatic carbocycles. The standard InChI is InChI=1S/C11H19N3O2S/c1-8-6-13-11(14-7-8)10(9(2)17-12)16-5-4-15-3/h6-7,9-10H,4-5,12H2,1-3H3/t9-,10-/m0/s1. The topological polar surface area (TPSA) is 70.3 Å². The van der Waals surface area contributed by atoms with Gasteiger partial charge in [0, 0.05) is 24.8 Å². The maximum atomic E-state index is 5.71. The summed E-state index contributed by atoms with van der Waals surface area (Å²) in [7, 11) is 1.64. The molecule has 0 fully saturated rings. The number of aryl methyl sites for hydroxylation is 1. The minimum Gasteiger partial charge on any atom is -0.382 e. The number of methoxy groups -OCH3 is 1. The summed E-state index contributed by atoms with van der Waals surface area (Å²) in [6, 6.07) is 0. The van der Waals surface area contributed by atoms with Crippen molar-refractivity contribution in [3.05, 3.63) is 23.8 Å². The van der Waals surface area contributed by atoms with Crippen LogP contribution in [0.4, 0.5) is 0 Å². The van der Waals surface area contributed by atoms with Crippen LogP contribution in [0.25, 0.3) is 0 Å². The Morgan fingerprint density at radius 1 is 1.35 bits per heavy atom. The molecule has 0 bridgehead atoms. The fraction of sp³-hybridized carbons (Fsp3) is 0.636. The molecule has 0 unspecified atom stereocenters. The van der Waals surface area contributed by atoms with Gasteiger partial charge in [-0.25, -0.2) is 9.97 Å². The molecule has 5 nitrogen and oxygen atoms in total. The molecule has 0 aromatic carbocycles. The van der Waals surface area contributed by atoms with Crippen molar-refractivity contribution < 1.29 is 9.47 Å². The van der Waals surface area contributed by atoms with Crippen molar-refractivity contribution >= 4 is 11.9 Å². The average molecular weight is 257 g/mol. The zero-order valence-corrected chi connectivity index (χ0v) is 11.2. The van der Waals surface area contributed by atoms with Gasteiger partial charge in [-0.2, -0.15) is 0 Å². The minimum atomic E-state index is -0.208. The van der Waals surface area contributed by atoms with Gasteiger partial charge in [0.2, 0.25) is 0 Å². The van der Waals surface area contributed by atoms with Gasteiger partial charge in [-0.05, 0) is 19.4 Å². The van der Waals surface area contributed by atoms with Gasteiger partial charge in [-0.15, -0.1) is 0 Å². The average Bonchev–Trinajstić information content (AvgIpc) is 2.35. The molecular weight excluding hydrogens is 238 g/mol. The molecule has 0 amide bonds. The van der Waals surface area contributed by atoms with Crippen molar-refractivity contribution in [1.82, 2.24) is 9.97 Å². The molecule has 96 valence electrons. The van der Waals surface area contributed by atoms with E-state index in [9.17, 15) is 0 Å². The Hall–Kier alpha value is -0.690. The van der Waals surface area contributed by atoms with Crippen LogP contribution < -0.4 is 5.14 Å². The van der Waals surface area contributed by atoms with Crippen molar-refractivity contribution in [2.45, 2.75) is 25.2 Å². The Morgan fingerprint density at radius 2 is 2.00 bits per heavy atom. The van der Waals surface area contributed by atoms with E-state index in [4.69, 9.17) is 14.6 Å². The van der Waals surface area contributed by atoms with Crippen LogP contribution in [0.1, 0.15) is 24.4 Å². The van der Waals surface area contributed by atoms with E-state index in [-0.39, 0.29) is 11.4 Å². The Morgan fingerprint density at radius 3 is 2.53 bits per heavy atom. The van der Waals surface area contributed by atoms with E-state index >= 15 is 0 Å². The molecule has 0 spiro atoms. The lowest BCUT2D eigenvalue weighted by Crippen LogP contribution is -2.21. The number of hydrogen-bond donors (Lipinski definition) is 1. The van der Waals surface area contributed by atoms with E-state index in [1.54, 1.807) is 19.5 Å². The van der Waals surface area contributed by atoms with Gasteiger partial charge in [-0.3, -0.25) is 5.14 Å². The van der Waals surface area contributed by atoms with Crippen molar-refractivity contribution in [3.8, 4) is 0 Å². The third-order valence-corrected chi connectivity index (χ3v) is 2.96. The van der Waals surface area contributed by atoms with Crippen LogP contribution in [0.3, 0.4) is 0 Å². The van der Waals surface area contributed by atoms with E-state index in [1.807, 2.05) is 13.8 Å². The first kappa shape index (κ1) is 14.4. The Bertz CT molecular complexity index is 321. The smallest absolute Gasteiger partial charge is 0.158 e. The van der Waals surface area contributed by atoms with Gasteiger partial charge in [0.05, 0.1) is 13.2 Å². The first-order valence-corrected chi connectivity index (χ1v) is 6.38. The SMILES string of the molecule is COCCO[C@H](c1ncc(C)cn1)[C@H](C)SN. The van der Waals surface area contributed by atoms with Crippen molar-refractivity contribution in [3.63, 3.8) is 0 Å². The lowest BCUT2D eigenvalue weighted by atomic mass is 10.2. The Labute approximate surface area is 106 Å². The van der Waals surface area contributed by atoms with E-state index in [1.165, 1.54) is 11.9 Å². The van der Waals surface area contributed by atoms with E-state index in [2.05, 4.69) is 9.97 Å². The normalized spacial score (nSPS) is 14.6. The summed E-state index contributed by atoms with van der Waals surface area (Å²) in [5.74, 6) is 0.664. The van der Waals surface area contributed by atoms with Crippen LogP contribution >= 0.6 is 11.9 Å². The van der Waals surface area contributed by atoms with Gasteiger partial charge < -0.3 is 9.47 Å². The minimum absolute atomic E-state index is 0.0922. The van der Waals surface area contributed by atoms with Gasteiger partial charge in [0.25, 0.3) is 0 Å².